The van der Waals surface area contributed by atoms with Crippen LogP contribution in [0.2, 0.25) is 0 Å². The number of piperazine rings is 1. The Bertz CT molecular complexity index is 1450. The van der Waals surface area contributed by atoms with Crippen molar-refractivity contribution in [1.29, 1.82) is 0 Å². The Kier molecular flexibility index (Phi) is 7.15. The van der Waals surface area contributed by atoms with Crippen LogP contribution in [0.5, 0.6) is 0 Å². The van der Waals surface area contributed by atoms with Gasteiger partial charge in [0.25, 0.3) is 0 Å². The maximum absolute atomic E-state index is 13.0. The molecule has 2 atom stereocenters. The molecule has 0 aliphatic carbocycles. The Labute approximate surface area is 220 Å². The molecule has 2 aromatic heterocycles. The number of benzene rings is 2. The standard InChI is InChI=1S/C24H22F3N6OPS2/c25-24(26,27)16-3-1-15(2-4-16)19-13-28-21-20(19)22(30-14-29-21)32-9-11-33(12-10-32)23(36)31-17-5-7-18(8-6-17)37(34)35/h1-8,13-14H,9-12,35H2,(H,31,36)(H,28,29,30). The SMILES string of the molecule is O=S(P)c1ccc(NC(=S)N2CCN(c3ncnc4[nH]cc(-c5ccc(C(F)(F)F)cc5)c34)CC2)cc1. The quantitative estimate of drug-likeness (QED) is 0.266. The molecule has 2 aromatic carbocycles. The van der Waals surface area contributed by atoms with Gasteiger partial charge < -0.3 is 20.1 Å². The van der Waals surface area contributed by atoms with Crippen LogP contribution in [0.4, 0.5) is 24.7 Å². The van der Waals surface area contributed by atoms with Gasteiger partial charge in [0.05, 0.1) is 21.4 Å². The van der Waals surface area contributed by atoms with Crippen molar-refractivity contribution in [2.75, 3.05) is 36.4 Å². The van der Waals surface area contributed by atoms with Crippen LogP contribution in [0, 0.1) is 0 Å². The second kappa shape index (κ2) is 10.4. The molecule has 1 saturated heterocycles. The van der Waals surface area contributed by atoms with Crippen LogP contribution in [-0.4, -0.2) is 55.4 Å². The maximum Gasteiger partial charge on any atom is 0.416 e. The topological polar surface area (TPSA) is 77.2 Å². The minimum Gasteiger partial charge on any atom is -0.352 e. The van der Waals surface area contributed by atoms with E-state index >= 15 is 0 Å². The van der Waals surface area contributed by atoms with E-state index in [1.54, 1.807) is 18.3 Å². The summed E-state index contributed by atoms with van der Waals surface area (Å²) in [6, 6.07) is 12.4. The summed E-state index contributed by atoms with van der Waals surface area (Å²) < 4.78 is 50.6. The lowest BCUT2D eigenvalue weighted by Gasteiger charge is -2.37. The van der Waals surface area contributed by atoms with Crippen LogP contribution in [0.3, 0.4) is 0 Å². The number of nitrogens with one attached hydrogen (secondary N) is 2. The van der Waals surface area contributed by atoms with Crippen LogP contribution in [0.25, 0.3) is 22.2 Å². The van der Waals surface area contributed by atoms with Crippen molar-refractivity contribution in [1.82, 2.24) is 19.9 Å². The van der Waals surface area contributed by atoms with Crippen molar-refractivity contribution in [3.8, 4) is 11.1 Å². The Balaban J connectivity index is 1.31. The van der Waals surface area contributed by atoms with Gasteiger partial charge in [-0.2, -0.15) is 13.2 Å². The van der Waals surface area contributed by atoms with E-state index in [9.17, 15) is 17.4 Å². The third-order valence-corrected chi connectivity index (χ3v) is 8.09. The number of rotatable bonds is 4. The molecule has 0 saturated carbocycles. The van der Waals surface area contributed by atoms with Crippen molar-refractivity contribution in [3.05, 3.63) is 66.6 Å². The Hall–Kier alpha value is -3.08. The van der Waals surface area contributed by atoms with E-state index in [0.29, 0.717) is 47.4 Å². The van der Waals surface area contributed by atoms with Gasteiger partial charge in [-0.15, -0.1) is 0 Å². The van der Waals surface area contributed by atoms with Gasteiger partial charge in [-0.05, 0) is 62.6 Å². The van der Waals surface area contributed by atoms with Gasteiger partial charge in [-0.1, -0.05) is 12.1 Å². The molecule has 0 radical (unpaired) electrons. The third kappa shape index (κ3) is 5.46. The number of H-pyrrole nitrogens is 1. The molecule has 3 heterocycles. The Morgan fingerprint density at radius 3 is 2.32 bits per heavy atom. The molecule has 0 amide bonds. The number of halogens is 3. The molecule has 0 bridgehead atoms. The first-order valence-corrected chi connectivity index (χ1v) is 14.3. The van der Waals surface area contributed by atoms with E-state index in [1.807, 2.05) is 12.1 Å². The maximum atomic E-state index is 13.0. The molecule has 2 N–H and O–H groups in total. The van der Waals surface area contributed by atoms with Crippen LogP contribution in [-0.2, 0) is 16.6 Å². The summed E-state index contributed by atoms with van der Waals surface area (Å²) in [7, 11) is 1.14. The Morgan fingerprint density at radius 1 is 1.03 bits per heavy atom. The third-order valence-electron chi connectivity index (χ3n) is 6.18. The summed E-state index contributed by atoms with van der Waals surface area (Å²) in [4.78, 5) is 16.9. The molecule has 13 heteroatoms. The van der Waals surface area contributed by atoms with Crippen molar-refractivity contribution in [2.45, 2.75) is 11.1 Å². The number of anilines is 2. The zero-order chi connectivity index (χ0) is 26.2. The largest absolute Gasteiger partial charge is 0.416 e. The summed E-state index contributed by atoms with van der Waals surface area (Å²) in [6.45, 7) is 2.61. The van der Waals surface area contributed by atoms with Crippen molar-refractivity contribution in [2.24, 2.45) is 0 Å². The second-order valence-electron chi connectivity index (χ2n) is 8.42. The minimum atomic E-state index is -4.39. The van der Waals surface area contributed by atoms with E-state index in [2.05, 4.69) is 38.5 Å². The number of aromatic amines is 1. The lowest BCUT2D eigenvalue weighted by atomic mass is 10.0. The minimum absolute atomic E-state index is 0.597. The van der Waals surface area contributed by atoms with Gasteiger partial charge in [0, 0.05) is 48.5 Å². The molecule has 1 aliphatic rings. The molecule has 4 aromatic rings. The first-order chi connectivity index (χ1) is 17.7. The zero-order valence-corrected chi connectivity index (χ0v) is 22.1. The van der Waals surface area contributed by atoms with Gasteiger partial charge in [0.1, 0.15) is 17.8 Å². The predicted octanol–water partition coefficient (Wildman–Crippen LogP) is 5.06. The summed E-state index contributed by atoms with van der Waals surface area (Å²) in [5, 5.41) is 4.59. The number of nitrogens with zero attached hydrogens (tertiary/aromatic N) is 4. The van der Waals surface area contributed by atoms with E-state index in [1.165, 1.54) is 18.5 Å². The molecule has 1 fully saturated rings. The molecule has 37 heavy (non-hydrogen) atoms. The number of hydrogen-bond acceptors (Lipinski definition) is 5. The second-order valence-corrected chi connectivity index (χ2v) is 11.2. The molecular formula is C24H22F3N6OPS2. The molecule has 7 nitrogen and oxygen atoms in total. The normalized spacial score (nSPS) is 15.1. The average molecular weight is 563 g/mol. The fourth-order valence-corrected chi connectivity index (χ4v) is 5.43. The van der Waals surface area contributed by atoms with Crippen molar-refractivity contribution < 1.29 is 17.4 Å². The lowest BCUT2D eigenvalue weighted by molar-refractivity contribution is -0.137. The number of aromatic nitrogens is 3. The molecule has 2 unspecified atom stereocenters. The van der Waals surface area contributed by atoms with Gasteiger partial charge in [-0.25, -0.2) is 9.97 Å². The number of alkyl halides is 3. The first-order valence-electron chi connectivity index (χ1n) is 11.3. The monoisotopic (exact) mass is 562 g/mol. The van der Waals surface area contributed by atoms with E-state index in [4.69, 9.17) is 12.2 Å². The highest BCUT2D eigenvalue weighted by Gasteiger charge is 2.30. The van der Waals surface area contributed by atoms with E-state index < -0.39 is 22.2 Å². The van der Waals surface area contributed by atoms with Gasteiger partial charge in [0.15, 0.2) is 5.11 Å². The van der Waals surface area contributed by atoms with Gasteiger partial charge >= 0.3 is 6.18 Å². The molecule has 192 valence electrons. The molecule has 5 rings (SSSR count). The zero-order valence-electron chi connectivity index (χ0n) is 19.3. The highest BCUT2D eigenvalue weighted by Crippen LogP contribution is 2.36. The average Bonchev–Trinajstić information content (AvgIpc) is 3.33. The number of fused-ring (bicyclic) bond motifs is 1. The Morgan fingerprint density at radius 2 is 1.70 bits per heavy atom. The van der Waals surface area contributed by atoms with Gasteiger partial charge in [-0.3, -0.25) is 4.21 Å². The molecule has 0 spiro atoms. The van der Waals surface area contributed by atoms with Crippen LogP contribution >= 0.6 is 20.7 Å². The predicted molar refractivity (Wildman–Crippen MR) is 147 cm³/mol. The molecular weight excluding hydrogens is 540 g/mol. The van der Waals surface area contributed by atoms with Crippen LogP contribution < -0.4 is 10.2 Å². The first kappa shape index (κ1) is 25.6. The van der Waals surface area contributed by atoms with Crippen molar-refractivity contribution >= 4 is 58.7 Å². The fourth-order valence-electron chi connectivity index (χ4n) is 4.25. The smallest absolute Gasteiger partial charge is 0.352 e. The number of thiocarbonyl (C=S) groups is 1. The highest BCUT2D eigenvalue weighted by molar-refractivity contribution is 8.33. The lowest BCUT2D eigenvalue weighted by Crippen LogP contribution is -2.50. The number of hydrogen-bond donors (Lipinski definition) is 2. The summed E-state index contributed by atoms with van der Waals surface area (Å²) in [6.07, 6.45) is -1.16. The van der Waals surface area contributed by atoms with E-state index in [0.717, 1.165) is 34.6 Å². The van der Waals surface area contributed by atoms with Crippen LogP contribution in [0.1, 0.15) is 5.56 Å². The molecule has 1 aliphatic heterocycles. The summed E-state index contributed by atoms with van der Waals surface area (Å²) >= 11 is 5.60. The fraction of sp³-hybridized carbons (Fsp3) is 0.208. The van der Waals surface area contributed by atoms with Gasteiger partial charge in [0.2, 0.25) is 0 Å². The highest BCUT2D eigenvalue weighted by atomic mass is 32.7. The van der Waals surface area contributed by atoms with E-state index in [-0.39, 0.29) is 0 Å². The summed E-state index contributed by atoms with van der Waals surface area (Å²) in [5.41, 5.74) is 2.14. The van der Waals surface area contributed by atoms with Crippen molar-refractivity contribution in [3.63, 3.8) is 0 Å². The summed E-state index contributed by atoms with van der Waals surface area (Å²) in [5.74, 6) is 0.723. The van der Waals surface area contributed by atoms with Crippen LogP contribution in [0.15, 0.2) is 66.0 Å².